The number of piperidine rings is 1. The Hall–Kier alpha value is -2.60. The molecule has 1 saturated heterocycles. The van der Waals surface area contributed by atoms with Crippen molar-refractivity contribution in [3.63, 3.8) is 0 Å². The fourth-order valence-corrected chi connectivity index (χ4v) is 3.82. The molecule has 1 aromatic heterocycles. The van der Waals surface area contributed by atoms with Crippen LogP contribution in [0.2, 0.25) is 5.02 Å². The van der Waals surface area contributed by atoms with Gasteiger partial charge < -0.3 is 16.4 Å². The van der Waals surface area contributed by atoms with Crippen molar-refractivity contribution in [3.8, 4) is 0 Å². The largest absolute Gasteiger partial charge is 0.383 e. The summed E-state index contributed by atoms with van der Waals surface area (Å²) >= 11 is 5.92. The number of hydrogen-bond acceptors (Lipinski definition) is 4. The molecule has 4 N–H and O–H groups in total. The van der Waals surface area contributed by atoms with Crippen LogP contribution < -0.4 is 11.5 Å². The lowest BCUT2D eigenvalue weighted by Gasteiger charge is -2.33. The van der Waals surface area contributed by atoms with Gasteiger partial charge in [-0.2, -0.15) is 0 Å². The van der Waals surface area contributed by atoms with Gasteiger partial charge in [0.1, 0.15) is 5.82 Å². The Morgan fingerprint density at radius 2 is 1.82 bits per heavy atom. The van der Waals surface area contributed by atoms with Gasteiger partial charge in [0.25, 0.3) is 5.91 Å². The van der Waals surface area contributed by atoms with E-state index >= 15 is 0 Å². The highest BCUT2D eigenvalue weighted by Crippen LogP contribution is 2.29. The van der Waals surface area contributed by atoms with Crippen molar-refractivity contribution in [3.05, 3.63) is 58.2 Å². The number of anilines is 1. The highest BCUT2D eigenvalue weighted by molar-refractivity contribution is 6.30. The summed E-state index contributed by atoms with van der Waals surface area (Å²) in [6.45, 7) is 3.34. The smallest absolute Gasteiger partial charge is 0.252 e. The molecule has 6 nitrogen and oxygen atoms in total. The van der Waals surface area contributed by atoms with E-state index in [0.717, 1.165) is 24.1 Å². The first-order valence-corrected chi connectivity index (χ1v) is 9.82. The lowest BCUT2D eigenvalue weighted by Crippen LogP contribution is -2.41. The van der Waals surface area contributed by atoms with Gasteiger partial charge in [0.15, 0.2) is 0 Å². The molecule has 0 bridgehead atoms. The van der Waals surface area contributed by atoms with Crippen molar-refractivity contribution in [2.24, 2.45) is 11.7 Å². The minimum atomic E-state index is -0.577. The lowest BCUT2D eigenvalue weighted by molar-refractivity contribution is -0.136. The standard InChI is InChI=1S/C21H25ClN4O2/c1-13(12-14-2-4-16(22)5-3-14)21(28)26-10-8-15(9-11-26)18-7-6-17(20(24)27)19(23)25-18/h2-7,13,15H,8-12H2,1H3,(H2,23,25)(H2,24,27). The number of halogens is 1. The second-order valence-electron chi connectivity index (χ2n) is 7.36. The molecule has 28 heavy (non-hydrogen) atoms. The Kier molecular flexibility index (Phi) is 6.19. The van der Waals surface area contributed by atoms with Gasteiger partial charge in [-0.15, -0.1) is 0 Å². The first kappa shape index (κ1) is 20.1. The van der Waals surface area contributed by atoms with Crippen LogP contribution in [0.4, 0.5) is 5.82 Å². The van der Waals surface area contributed by atoms with Gasteiger partial charge in [-0.1, -0.05) is 30.7 Å². The first-order valence-electron chi connectivity index (χ1n) is 9.44. The summed E-state index contributed by atoms with van der Waals surface area (Å²) in [6, 6.07) is 11.1. The van der Waals surface area contributed by atoms with Crippen LogP contribution in [0.15, 0.2) is 36.4 Å². The van der Waals surface area contributed by atoms with Crippen LogP contribution in [0.1, 0.15) is 47.3 Å². The number of nitrogens with zero attached hydrogens (tertiary/aromatic N) is 2. The predicted molar refractivity (Wildman–Crippen MR) is 110 cm³/mol. The Balaban J connectivity index is 1.57. The van der Waals surface area contributed by atoms with E-state index in [0.29, 0.717) is 24.5 Å². The number of aromatic nitrogens is 1. The molecule has 2 heterocycles. The van der Waals surface area contributed by atoms with Crippen molar-refractivity contribution in [2.75, 3.05) is 18.8 Å². The summed E-state index contributed by atoms with van der Waals surface area (Å²) < 4.78 is 0. The Morgan fingerprint density at radius 3 is 2.39 bits per heavy atom. The van der Waals surface area contributed by atoms with Gasteiger partial charge in [0.2, 0.25) is 5.91 Å². The minimum Gasteiger partial charge on any atom is -0.383 e. The van der Waals surface area contributed by atoms with E-state index < -0.39 is 5.91 Å². The monoisotopic (exact) mass is 400 g/mol. The maximum Gasteiger partial charge on any atom is 0.252 e. The zero-order chi connectivity index (χ0) is 20.3. The number of likely N-dealkylation sites (tertiary alicyclic amines) is 1. The van der Waals surface area contributed by atoms with Gasteiger partial charge in [-0.05, 0) is 49.1 Å². The molecule has 3 rings (SSSR count). The van der Waals surface area contributed by atoms with E-state index in [4.69, 9.17) is 23.1 Å². The van der Waals surface area contributed by atoms with Crippen LogP contribution in [0, 0.1) is 5.92 Å². The molecule has 2 aromatic rings. The van der Waals surface area contributed by atoms with Crippen molar-refractivity contribution in [1.82, 2.24) is 9.88 Å². The molecule has 148 valence electrons. The third-order valence-electron chi connectivity index (χ3n) is 5.31. The molecular formula is C21H25ClN4O2. The SMILES string of the molecule is CC(Cc1ccc(Cl)cc1)C(=O)N1CCC(c2ccc(C(N)=O)c(N)n2)CC1. The van der Waals surface area contributed by atoms with E-state index in [2.05, 4.69) is 4.98 Å². The molecule has 0 saturated carbocycles. The highest BCUT2D eigenvalue weighted by Gasteiger charge is 2.27. The molecule has 0 spiro atoms. The van der Waals surface area contributed by atoms with E-state index in [1.54, 1.807) is 6.07 Å². The van der Waals surface area contributed by atoms with E-state index in [1.807, 2.05) is 42.2 Å². The second kappa shape index (κ2) is 8.61. The van der Waals surface area contributed by atoms with Crippen molar-refractivity contribution in [1.29, 1.82) is 0 Å². The fraction of sp³-hybridized carbons (Fsp3) is 0.381. The normalized spacial score (nSPS) is 16.0. The van der Waals surface area contributed by atoms with Gasteiger partial charge in [0.05, 0.1) is 5.56 Å². The van der Waals surface area contributed by atoms with Crippen LogP contribution in [0.3, 0.4) is 0 Å². The molecule has 1 fully saturated rings. The van der Waals surface area contributed by atoms with Crippen LogP contribution in [0.5, 0.6) is 0 Å². The number of benzene rings is 1. The molecule has 0 aliphatic carbocycles. The minimum absolute atomic E-state index is 0.0821. The number of pyridine rings is 1. The van der Waals surface area contributed by atoms with E-state index in [1.165, 1.54) is 0 Å². The quantitative estimate of drug-likeness (QED) is 0.805. The highest BCUT2D eigenvalue weighted by atomic mass is 35.5. The Bertz CT molecular complexity index is 861. The average molecular weight is 401 g/mol. The summed E-state index contributed by atoms with van der Waals surface area (Å²) in [5.74, 6) is -0.0992. The zero-order valence-corrected chi connectivity index (χ0v) is 16.7. The molecule has 1 aliphatic heterocycles. The van der Waals surface area contributed by atoms with Crippen molar-refractivity contribution >= 4 is 29.2 Å². The van der Waals surface area contributed by atoms with Crippen LogP contribution in [-0.2, 0) is 11.2 Å². The summed E-state index contributed by atoms with van der Waals surface area (Å²) in [7, 11) is 0. The second-order valence-corrected chi connectivity index (χ2v) is 7.80. The summed E-state index contributed by atoms with van der Waals surface area (Å²) in [5.41, 5.74) is 13.3. The first-order chi connectivity index (χ1) is 13.3. The van der Waals surface area contributed by atoms with Crippen LogP contribution in [-0.4, -0.2) is 34.8 Å². The van der Waals surface area contributed by atoms with Crippen molar-refractivity contribution in [2.45, 2.75) is 32.1 Å². The molecule has 1 unspecified atom stereocenters. The molecular weight excluding hydrogens is 376 g/mol. The predicted octanol–water partition coefficient (Wildman–Crippen LogP) is 3.00. The topological polar surface area (TPSA) is 102 Å². The molecule has 2 amide bonds. The number of rotatable bonds is 5. The van der Waals surface area contributed by atoms with Gasteiger partial charge in [-0.3, -0.25) is 9.59 Å². The Morgan fingerprint density at radius 1 is 1.18 bits per heavy atom. The number of amides is 2. The van der Waals surface area contributed by atoms with Gasteiger partial charge >= 0.3 is 0 Å². The van der Waals surface area contributed by atoms with Crippen LogP contribution in [0.25, 0.3) is 0 Å². The van der Waals surface area contributed by atoms with Crippen LogP contribution >= 0.6 is 11.6 Å². The molecule has 0 radical (unpaired) electrons. The molecule has 1 atom stereocenters. The summed E-state index contributed by atoms with van der Waals surface area (Å²) in [4.78, 5) is 30.4. The van der Waals surface area contributed by atoms with E-state index in [9.17, 15) is 9.59 Å². The summed E-state index contributed by atoms with van der Waals surface area (Å²) in [5, 5.41) is 0.697. The third kappa shape index (κ3) is 4.62. The fourth-order valence-electron chi connectivity index (χ4n) is 3.70. The number of primary amides is 1. The van der Waals surface area contributed by atoms with Gasteiger partial charge in [-0.25, -0.2) is 4.98 Å². The van der Waals surface area contributed by atoms with Gasteiger partial charge in [0, 0.05) is 35.6 Å². The molecule has 1 aromatic carbocycles. The number of nitrogen functional groups attached to an aromatic ring is 1. The number of hydrogen-bond donors (Lipinski definition) is 2. The number of nitrogens with two attached hydrogens (primary N) is 2. The zero-order valence-electron chi connectivity index (χ0n) is 15.9. The lowest BCUT2D eigenvalue weighted by atomic mass is 9.91. The molecule has 1 aliphatic rings. The Labute approximate surface area is 169 Å². The maximum absolute atomic E-state index is 12.8. The third-order valence-corrected chi connectivity index (χ3v) is 5.57. The van der Waals surface area contributed by atoms with Crippen molar-refractivity contribution < 1.29 is 9.59 Å². The number of carbonyl (C=O) groups excluding carboxylic acids is 2. The maximum atomic E-state index is 12.8. The number of carbonyl (C=O) groups is 2. The summed E-state index contributed by atoms with van der Waals surface area (Å²) in [6.07, 6.45) is 2.34. The molecule has 7 heteroatoms. The van der Waals surface area contributed by atoms with E-state index in [-0.39, 0.29) is 29.1 Å². The average Bonchev–Trinajstić information content (AvgIpc) is 2.69.